The molecule has 0 N–H and O–H groups in total. The van der Waals surface area contributed by atoms with E-state index >= 15 is 0 Å². The third-order valence-electron chi connectivity index (χ3n) is 8.02. The van der Waals surface area contributed by atoms with Crippen LogP contribution in [0.15, 0.2) is 18.3 Å². The molecule has 2 aliphatic rings. The van der Waals surface area contributed by atoms with E-state index in [0.717, 1.165) is 30.1 Å². The van der Waals surface area contributed by atoms with Crippen molar-refractivity contribution in [3.8, 4) is 0 Å². The fraction of sp³-hybridized carbons (Fsp3) is 0.808. The molecule has 152 valence electrons. The van der Waals surface area contributed by atoms with Crippen LogP contribution < -0.4 is 0 Å². The standard InChI is InChI=1S/C26H43N/c1-4-6-7-8-22-9-12-24(13-10-22)25-16-14-23(15-17-25)20(3)26-18-11-21(5-2)19-27-26/h11,18-20,22-25H,4-10,12-17H2,1-3H3/t20?,22-,23?,24-,25?. The Kier molecular flexibility index (Phi) is 8.22. The summed E-state index contributed by atoms with van der Waals surface area (Å²) in [5, 5.41) is 0. The Balaban J connectivity index is 1.41. The monoisotopic (exact) mass is 369 g/mol. The minimum Gasteiger partial charge on any atom is -0.261 e. The van der Waals surface area contributed by atoms with Crippen molar-refractivity contribution in [2.24, 2.45) is 23.7 Å². The van der Waals surface area contributed by atoms with E-state index in [9.17, 15) is 0 Å². The number of unbranched alkanes of at least 4 members (excludes halogenated alkanes) is 2. The summed E-state index contributed by atoms with van der Waals surface area (Å²) in [4.78, 5) is 4.77. The molecule has 1 heterocycles. The van der Waals surface area contributed by atoms with Crippen molar-refractivity contribution in [2.75, 3.05) is 0 Å². The van der Waals surface area contributed by atoms with Crippen LogP contribution in [0.3, 0.4) is 0 Å². The van der Waals surface area contributed by atoms with Crippen molar-refractivity contribution in [1.82, 2.24) is 4.98 Å². The number of hydrogen-bond acceptors (Lipinski definition) is 1. The van der Waals surface area contributed by atoms with Crippen LogP contribution in [-0.4, -0.2) is 4.98 Å². The second kappa shape index (κ2) is 10.6. The number of pyridine rings is 1. The highest BCUT2D eigenvalue weighted by Gasteiger charge is 2.32. The van der Waals surface area contributed by atoms with Crippen molar-refractivity contribution in [2.45, 2.75) is 110 Å². The zero-order valence-corrected chi connectivity index (χ0v) is 18.3. The maximum atomic E-state index is 4.77. The molecule has 0 aliphatic heterocycles. The summed E-state index contributed by atoms with van der Waals surface area (Å²) >= 11 is 0. The second-order valence-corrected chi connectivity index (χ2v) is 9.68. The van der Waals surface area contributed by atoms with Gasteiger partial charge in [-0.05, 0) is 80.2 Å². The van der Waals surface area contributed by atoms with E-state index < -0.39 is 0 Å². The van der Waals surface area contributed by atoms with E-state index in [0.29, 0.717) is 5.92 Å². The zero-order valence-electron chi connectivity index (χ0n) is 18.3. The Labute approximate surface area is 168 Å². The Bertz CT molecular complexity index is 518. The van der Waals surface area contributed by atoms with Gasteiger partial charge >= 0.3 is 0 Å². The molecule has 0 aromatic carbocycles. The molecule has 1 nitrogen and oxygen atoms in total. The zero-order chi connectivity index (χ0) is 19.1. The molecule has 0 radical (unpaired) electrons. The van der Waals surface area contributed by atoms with Crippen LogP contribution in [-0.2, 0) is 6.42 Å². The van der Waals surface area contributed by atoms with Crippen LogP contribution in [0.2, 0.25) is 0 Å². The maximum Gasteiger partial charge on any atom is 0.0434 e. The van der Waals surface area contributed by atoms with E-state index in [2.05, 4.69) is 39.1 Å². The molecule has 1 unspecified atom stereocenters. The van der Waals surface area contributed by atoms with Crippen LogP contribution in [0.5, 0.6) is 0 Å². The number of aromatic nitrogens is 1. The summed E-state index contributed by atoms with van der Waals surface area (Å²) in [5.74, 6) is 4.62. The molecule has 27 heavy (non-hydrogen) atoms. The van der Waals surface area contributed by atoms with Crippen LogP contribution in [0.1, 0.15) is 115 Å². The van der Waals surface area contributed by atoms with E-state index in [1.807, 2.05) is 0 Å². The molecule has 0 bridgehead atoms. The fourth-order valence-corrected chi connectivity index (χ4v) is 5.90. The van der Waals surface area contributed by atoms with E-state index in [4.69, 9.17) is 4.98 Å². The van der Waals surface area contributed by atoms with Gasteiger partial charge in [0.1, 0.15) is 0 Å². The van der Waals surface area contributed by atoms with Crippen molar-refractivity contribution in [3.63, 3.8) is 0 Å². The lowest BCUT2D eigenvalue weighted by Crippen LogP contribution is -2.27. The van der Waals surface area contributed by atoms with Gasteiger partial charge in [0.15, 0.2) is 0 Å². The Morgan fingerprint density at radius 1 is 0.889 bits per heavy atom. The third kappa shape index (κ3) is 5.81. The lowest BCUT2D eigenvalue weighted by atomic mass is 9.67. The number of rotatable bonds is 8. The largest absolute Gasteiger partial charge is 0.261 e. The molecule has 3 rings (SSSR count). The number of aryl methyl sites for hydroxylation is 1. The molecular weight excluding hydrogens is 326 g/mol. The molecule has 2 saturated carbocycles. The second-order valence-electron chi connectivity index (χ2n) is 9.68. The average molecular weight is 370 g/mol. The smallest absolute Gasteiger partial charge is 0.0434 e. The molecule has 0 amide bonds. The summed E-state index contributed by atoms with van der Waals surface area (Å²) < 4.78 is 0. The fourth-order valence-electron chi connectivity index (χ4n) is 5.90. The summed E-state index contributed by atoms with van der Waals surface area (Å²) in [5.41, 5.74) is 2.68. The van der Waals surface area contributed by atoms with Gasteiger partial charge in [0, 0.05) is 17.8 Å². The minimum absolute atomic E-state index is 0.631. The molecule has 1 aromatic rings. The SMILES string of the molecule is CCCCC[C@H]1CC[C@H](C2CCC(C(C)c3ccc(CC)cn3)CC2)CC1. The van der Waals surface area contributed by atoms with Gasteiger partial charge in [-0.15, -0.1) is 0 Å². The molecular formula is C26H43N. The van der Waals surface area contributed by atoms with Gasteiger partial charge in [-0.1, -0.05) is 65.4 Å². The van der Waals surface area contributed by atoms with E-state index in [-0.39, 0.29) is 0 Å². The van der Waals surface area contributed by atoms with Gasteiger partial charge in [0.2, 0.25) is 0 Å². The van der Waals surface area contributed by atoms with Gasteiger partial charge in [-0.2, -0.15) is 0 Å². The van der Waals surface area contributed by atoms with Gasteiger partial charge in [-0.3, -0.25) is 4.98 Å². The number of nitrogens with zero attached hydrogens (tertiary/aromatic N) is 1. The Hall–Kier alpha value is -0.850. The summed E-state index contributed by atoms with van der Waals surface area (Å²) in [7, 11) is 0. The quantitative estimate of drug-likeness (QED) is 0.424. The van der Waals surface area contributed by atoms with E-state index in [1.54, 1.807) is 0 Å². The summed E-state index contributed by atoms with van der Waals surface area (Å²) in [6, 6.07) is 4.57. The third-order valence-corrected chi connectivity index (χ3v) is 8.02. The van der Waals surface area contributed by atoms with Crippen molar-refractivity contribution in [3.05, 3.63) is 29.6 Å². The number of hydrogen-bond donors (Lipinski definition) is 0. The highest BCUT2D eigenvalue weighted by Crippen LogP contribution is 2.44. The Morgan fingerprint density at radius 3 is 2.11 bits per heavy atom. The highest BCUT2D eigenvalue weighted by molar-refractivity contribution is 5.17. The molecule has 0 saturated heterocycles. The Morgan fingerprint density at radius 2 is 1.56 bits per heavy atom. The molecule has 1 heteroatoms. The topological polar surface area (TPSA) is 12.9 Å². The van der Waals surface area contributed by atoms with Crippen LogP contribution in [0.4, 0.5) is 0 Å². The summed E-state index contributed by atoms with van der Waals surface area (Å²) in [6.07, 6.45) is 20.9. The van der Waals surface area contributed by atoms with Gasteiger partial charge in [0.25, 0.3) is 0 Å². The first-order valence-electron chi connectivity index (χ1n) is 12.2. The molecule has 1 atom stereocenters. The predicted octanol–water partition coefficient (Wildman–Crippen LogP) is 7.94. The lowest BCUT2D eigenvalue weighted by molar-refractivity contribution is 0.136. The minimum atomic E-state index is 0.631. The van der Waals surface area contributed by atoms with Crippen LogP contribution in [0.25, 0.3) is 0 Å². The first-order chi connectivity index (χ1) is 13.2. The lowest BCUT2D eigenvalue weighted by Gasteiger charge is -2.39. The van der Waals surface area contributed by atoms with Gasteiger partial charge in [0.05, 0.1) is 0 Å². The van der Waals surface area contributed by atoms with Crippen LogP contribution in [0, 0.1) is 23.7 Å². The normalized spacial score (nSPS) is 30.2. The molecule has 0 spiro atoms. The molecule has 2 fully saturated rings. The van der Waals surface area contributed by atoms with E-state index in [1.165, 1.54) is 88.3 Å². The van der Waals surface area contributed by atoms with Crippen molar-refractivity contribution in [1.29, 1.82) is 0 Å². The molecule has 1 aromatic heterocycles. The average Bonchev–Trinajstić information content (AvgIpc) is 2.74. The first-order valence-corrected chi connectivity index (χ1v) is 12.2. The first kappa shape index (κ1) is 20.9. The predicted molar refractivity (Wildman–Crippen MR) is 117 cm³/mol. The van der Waals surface area contributed by atoms with Crippen molar-refractivity contribution < 1.29 is 0 Å². The highest BCUT2D eigenvalue weighted by atomic mass is 14.7. The van der Waals surface area contributed by atoms with Crippen molar-refractivity contribution >= 4 is 0 Å². The summed E-state index contributed by atoms with van der Waals surface area (Å²) in [6.45, 7) is 6.95. The van der Waals surface area contributed by atoms with Gasteiger partial charge < -0.3 is 0 Å². The van der Waals surface area contributed by atoms with Gasteiger partial charge in [-0.25, -0.2) is 0 Å². The molecule has 2 aliphatic carbocycles. The van der Waals surface area contributed by atoms with Crippen LogP contribution >= 0.6 is 0 Å². The maximum absolute atomic E-state index is 4.77.